The zero-order valence-electron chi connectivity index (χ0n) is 10.9. The van der Waals surface area contributed by atoms with E-state index in [0.29, 0.717) is 24.2 Å². The molecule has 1 aliphatic carbocycles. The third-order valence-electron chi connectivity index (χ3n) is 3.68. The summed E-state index contributed by atoms with van der Waals surface area (Å²) in [4.78, 5) is 11.3. The lowest BCUT2D eigenvalue weighted by Crippen LogP contribution is -2.24. The number of methoxy groups -OCH3 is 1. The lowest BCUT2D eigenvalue weighted by atomic mass is 9.90. The number of hydrogen-bond acceptors (Lipinski definition) is 3. The number of carboxylic acids is 1. The smallest absolute Gasteiger partial charge is 0.312 e. The van der Waals surface area contributed by atoms with Crippen LogP contribution in [0.3, 0.4) is 0 Å². The van der Waals surface area contributed by atoms with E-state index >= 15 is 0 Å². The van der Waals surface area contributed by atoms with Crippen LogP contribution in [0.2, 0.25) is 0 Å². The van der Waals surface area contributed by atoms with E-state index in [0.717, 1.165) is 11.1 Å². The van der Waals surface area contributed by atoms with Crippen molar-refractivity contribution in [2.24, 2.45) is 5.41 Å². The van der Waals surface area contributed by atoms with Crippen molar-refractivity contribution in [3.8, 4) is 5.75 Å². The molecule has 1 atom stereocenters. The van der Waals surface area contributed by atoms with Crippen LogP contribution in [0.5, 0.6) is 5.75 Å². The van der Waals surface area contributed by atoms with Gasteiger partial charge in [0.1, 0.15) is 5.75 Å². The summed E-state index contributed by atoms with van der Waals surface area (Å²) in [6.45, 7) is 3.81. The zero-order chi connectivity index (χ0) is 13.5. The van der Waals surface area contributed by atoms with Gasteiger partial charge in [0.2, 0.25) is 0 Å². The molecular weight excluding hydrogens is 232 g/mol. The van der Waals surface area contributed by atoms with E-state index in [1.807, 2.05) is 19.9 Å². The Kier molecular flexibility index (Phi) is 3.07. The Bertz CT molecular complexity index is 489. The van der Waals surface area contributed by atoms with Crippen molar-refractivity contribution in [2.45, 2.75) is 32.8 Å². The number of carbonyl (C=O) groups is 1. The van der Waals surface area contributed by atoms with Gasteiger partial charge >= 0.3 is 5.97 Å². The number of carboxylic acid groups (broad SMARTS) is 1. The molecule has 1 aromatic carbocycles. The molecule has 0 aliphatic heterocycles. The number of hydrogen-bond donors (Lipinski definition) is 2. The van der Waals surface area contributed by atoms with Gasteiger partial charge in [-0.15, -0.1) is 0 Å². The average Bonchev–Trinajstić information content (AvgIpc) is 3.08. The predicted molar refractivity (Wildman–Crippen MR) is 66.7 cm³/mol. The quantitative estimate of drug-likeness (QED) is 0.859. The molecule has 98 valence electrons. The van der Waals surface area contributed by atoms with E-state index in [1.54, 1.807) is 6.07 Å². The maximum absolute atomic E-state index is 11.3. The van der Waals surface area contributed by atoms with Crippen molar-refractivity contribution >= 4 is 5.97 Å². The summed E-state index contributed by atoms with van der Waals surface area (Å²) in [5.41, 5.74) is 1.46. The number of aliphatic hydroxyl groups is 1. The van der Waals surface area contributed by atoms with Crippen LogP contribution in [-0.2, 0) is 4.79 Å². The van der Waals surface area contributed by atoms with Gasteiger partial charge in [0.05, 0.1) is 18.6 Å². The van der Waals surface area contributed by atoms with E-state index in [1.165, 1.54) is 7.11 Å². The second-order valence-corrected chi connectivity index (χ2v) is 5.07. The van der Waals surface area contributed by atoms with Gasteiger partial charge in [-0.3, -0.25) is 4.79 Å². The molecule has 1 aromatic rings. The minimum absolute atomic E-state index is 0.514. The molecule has 0 bridgehead atoms. The van der Waals surface area contributed by atoms with E-state index < -0.39 is 17.5 Å². The standard InChI is InChI=1S/C14H18O4/c1-8-6-9(2)11(18-3)10(7-8)12(15)14(4-5-14)13(16)17/h6-7,12,15H,4-5H2,1-3H3,(H,16,17). The highest BCUT2D eigenvalue weighted by atomic mass is 16.5. The number of aliphatic hydroxyl groups excluding tert-OH is 1. The molecule has 0 radical (unpaired) electrons. The fraction of sp³-hybridized carbons (Fsp3) is 0.500. The lowest BCUT2D eigenvalue weighted by molar-refractivity contribution is -0.148. The Morgan fingerprint density at radius 2 is 2.00 bits per heavy atom. The fourth-order valence-electron chi connectivity index (χ4n) is 2.51. The molecule has 1 fully saturated rings. The van der Waals surface area contributed by atoms with Gasteiger partial charge in [0.25, 0.3) is 0 Å². The number of benzene rings is 1. The maximum Gasteiger partial charge on any atom is 0.312 e. The average molecular weight is 250 g/mol. The van der Waals surface area contributed by atoms with Gasteiger partial charge < -0.3 is 14.9 Å². The molecule has 0 saturated heterocycles. The normalized spacial score (nSPS) is 18.2. The van der Waals surface area contributed by atoms with E-state index in [-0.39, 0.29) is 0 Å². The largest absolute Gasteiger partial charge is 0.496 e. The van der Waals surface area contributed by atoms with Gasteiger partial charge in [-0.2, -0.15) is 0 Å². The molecule has 2 N–H and O–H groups in total. The predicted octanol–water partition coefficient (Wildman–Crippen LogP) is 2.21. The number of rotatable bonds is 4. The molecule has 1 saturated carbocycles. The Morgan fingerprint density at radius 3 is 2.44 bits per heavy atom. The number of ether oxygens (including phenoxy) is 1. The first-order valence-electron chi connectivity index (χ1n) is 5.99. The second-order valence-electron chi connectivity index (χ2n) is 5.07. The van der Waals surface area contributed by atoms with Crippen LogP contribution in [0.1, 0.15) is 35.6 Å². The highest BCUT2D eigenvalue weighted by molar-refractivity contribution is 5.79. The Labute approximate surface area is 106 Å². The monoisotopic (exact) mass is 250 g/mol. The molecule has 0 heterocycles. The van der Waals surface area contributed by atoms with Crippen molar-refractivity contribution in [1.82, 2.24) is 0 Å². The first-order valence-corrected chi connectivity index (χ1v) is 5.99. The highest BCUT2D eigenvalue weighted by Gasteiger charge is 2.57. The minimum atomic E-state index is -1.02. The van der Waals surface area contributed by atoms with Gasteiger partial charge in [0.15, 0.2) is 0 Å². The number of aliphatic carboxylic acids is 1. The Hall–Kier alpha value is -1.55. The van der Waals surface area contributed by atoms with Crippen LogP contribution in [0.15, 0.2) is 12.1 Å². The summed E-state index contributed by atoms with van der Waals surface area (Å²) in [5.74, 6) is -0.350. The molecule has 4 nitrogen and oxygen atoms in total. The third kappa shape index (κ3) is 1.86. The highest BCUT2D eigenvalue weighted by Crippen LogP contribution is 2.56. The van der Waals surface area contributed by atoms with Gasteiger partial charge in [-0.1, -0.05) is 11.6 Å². The van der Waals surface area contributed by atoms with Crippen molar-refractivity contribution in [2.75, 3.05) is 7.11 Å². The topological polar surface area (TPSA) is 66.8 Å². The molecule has 4 heteroatoms. The molecule has 18 heavy (non-hydrogen) atoms. The first-order chi connectivity index (χ1) is 8.42. The van der Waals surface area contributed by atoms with Crippen LogP contribution >= 0.6 is 0 Å². The molecule has 1 aliphatic rings. The molecule has 1 unspecified atom stereocenters. The van der Waals surface area contributed by atoms with Crippen molar-refractivity contribution in [1.29, 1.82) is 0 Å². The van der Waals surface area contributed by atoms with Crippen molar-refractivity contribution < 1.29 is 19.7 Å². The third-order valence-corrected chi connectivity index (χ3v) is 3.68. The van der Waals surface area contributed by atoms with Crippen LogP contribution in [-0.4, -0.2) is 23.3 Å². The first kappa shape index (κ1) is 12.9. The summed E-state index contributed by atoms with van der Waals surface area (Å²) in [6.07, 6.45) is 0.0165. The summed E-state index contributed by atoms with van der Waals surface area (Å²) in [5, 5.41) is 19.6. The second kappa shape index (κ2) is 4.28. The lowest BCUT2D eigenvalue weighted by Gasteiger charge is -2.22. The number of aryl methyl sites for hydroxylation is 2. The summed E-state index contributed by atoms with van der Waals surface area (Å²) >= 11 is 0. The van der Waals surface area contributed by atoms with Crippen LogP contribution in [0.25, 0.3) is 0 Å². The molecule has 0 amide bonds. The van der Waals surface area contributed by atoms with E-state index in [9.17, 15) is 15.0 Å². The maximum atomic E-state index is 11.3. The summed E-state index contributed by atoms with van der Waals surface area (Å²) < 4.78 is 5.30. The zero-order valence-corrected chi connectivity index (χ0v) is 10.9. The minimum Gasteiger partial charge on any atom is -0.496 e. The summed E-state index contributed by atoms with van der Waals surface area (Å²) in [6, 6.07) is 3.76. The molecular formula is C14H18O4. The van der Waals surface area contributed by atoms with Gasteiger partial charge in [0, 0.05) is 5.56 Å². The van der Waals surface area contributed by atoms with Gasteiger partial charge in [-0.05, 0) is 38.3 Å². The van der Waals surface area contributed by atoms with E-state index in [2.05, 4.69) is 0 Å². The Balaban J connectivity index is 2.48. The van der Waals surface area contributed by atoms with Crippen LogP contribution in [0, 0.1) is 19.3 Å². The van der Waals surface area contributed by atoms with Crippen molar-refractivity contribution in [3.05, 3.63) is 28.8 Å². The van der Waals surface area contributed by atoms with Crippen LogP contribution in [0.4, 0.5) is 0 Å². The van der Waals surface area contributed by atoms with Crippen LogP contribution < -0.4 is 4.74 Å². The Morgan fingerprint density at radius 1 is 1.39 bits per heavy atom. The summed E-state index contributed by atoms with van der Waals surface area (Å²) in [7, 11) is 1.54. The van der Waals surface area contributed by atoms with E-state index in [4.69, 9.17) is 4.74 Å². The van der Waals surface area contributed by atoms with Gasteiger partial charge in [-0.25, -0.2) is 0 Å². The van der Waals surface area contributed by atoms with Crippen molar-refractivity contribution in [3.63, 3.8) is 0 Å². The SMILES string of the molecule is COc1c(C)cc(C)cc1C(O)C1(C(=O)O)CC1. The fourth-order valence-corrected chi connectivity index (χ4v) is 2.51. The molecule has 2 rings (SSSR count). The molecule has 0 spiro atoms. The molecule has 0 aromatic heterocycles.